The van der Waals surface area contributed by atoms with Crippen molar-refractivity contribution in [1.82, 2.24) is 10.6 Å². The average molecular weight is 416 g/mol. The Balaban J connectivity index is 1.88. The van der Waals surface area contributed by atoms with Crippen molar-refractivity contribution in [2.75, 3.05) is 7.05 Å². The molecule has 3 aromatic carbocycles. The van der Waals surface area contributed by atoms with Crippen molar-refractivity contribution >= 4 is 5.91 Å². The Hall–Kier alpha value is -3.49. The third kappa shape index (κ3) is 5.78. The normalized spacial score (nSPS) is 12.6. The van der Waals surface area contributed by atoms with Gasteiger partial charge in [-0.25, -0.2) is 4.39 Å². The van der Waals surface area contributed by atoms with E-state index in [1.54, 1.807) is 32.2 Å². The van der Waals surface area contributed by atoms with E-state index in [1.165, 1.54) is 6.07 Å². The number of benzene rings is 3. The topological polar surface area (TPSA) is 64.9 Å². The van der Waals surface area contributed by atoms with Gasteiger partial charge < -0.3 is 5.32 Å². The summed E-state index contributed by atoms with van der Waals surface area (Å²) >= 11 is 0. The molecule has 0 heterocycles. The van der Waals surface area contributed by atoms with Gasteiger partial charge in [-0.2, -0.15) is 5.26 Å². The van der Waals surface area contributed by atoms with Gasteiger partial charge in [0.1, 0.15) is 11.9 Å². The van der Waals surface area contributed by atoms with E-state index in [1.807, 2.05) is 48.5 Å². The third-order valence-electron chi connectivity index (χ3n) is 5.40. The fourth-order valence-electron chi connectivity index (χ4n) is 3.60. The standard InChI is InChI=1S/C26H26FN3O/c1-18-16-22(13-14-23(18)27)24(15-12-19-8-10-20(17-28)11-9-19)30-25(26(31)29-2)21-6-4-3-5-7-21/h3-11,13-14,16,24-25,30H,12,15H2,1-2H3,(H,29,31)/t24-,25+/m0/s1. The summed E-state index contributed by atoms with van der Waals surface area (Å²) in [5.74, 6) is -0.381. The summed E-state index contributed by atoms with van der Waals surface area (Å²) in [5, 5.41) is 15.2. The number of nitrogens with zero attached hydrogens (tertiary/aromatic N) is 1. The molecule has 0 spiro atoms. The number of hydrogen-bond acceptors (Lipinski definition) is 3. The van der Waals surface area contributed by atoms with Crippen LogP contribution in [0.25, 0.3) is 0 Å². The van der Waals surface area contributed by atoms with Crippen molar-refractivity contribution in [2.45, 2.75) is 31.8 Å². The second-order valence-electron chi connectivity index (χ2n) is 7.53. The maximum Gasteiger partial charge on any atom is 0.241 e. The number of nitrogens with one attached hydrogen (secondary N) is 2. The van der Waals surface area contributed by atoms with E-state index in [0.29, 0.717) is 17.5 Å². The number of halogens is 1. The summed E-state index contributed by atoms with van der Waals surface area (Å²) in [7, 11) is 1.62. The Morgan fingerprint density at radius 1 is 1.03 bits per heavy atom. The number of carbonyl (C=O) groups is 1. The predicted octanol–water partition coefficient (Wildman–Crippen LogP) is 4.76. The summed E-state index contributed by atoms with van der Waals surface area (Å²) in [4.78, 5) is 12.7. The number of nitriles is 1. The molecule has 158 valence electrons. The molecule has 0 aliphatic carbocycles. The average Bonchev–Trinajstić information content (AvgIpc) is 2.81. The van der Waals surface area contributed by atoms with Crippen molar-refractivity contribution in [3.8, 4) is 6.07 Å². The number of amides is 1. The number of rotatable bonds is 8. The zero-order valence-corrected chi connectivity index (χ0v) is 17.7. The van der Waals surface area contributed by atoms with Crippen LogP contribution < -0.4 is 10.6 Å². The first-order valence-corrected chi connectivity index (χ1v) is 10.3. The minimum Gasteiger partial charge on any atom is -0.358 e. The lowest BCUT2D eigenvalue weighted by Gasteiger charge is -2.26. The van der Waals surface area contributed by atoms with Crippen LogP contribution in [-0.4, -0.2) is 13.0 Å². The van der Waals surface area contributed by atoms with Gasteiger partial charge in [-0.1, -0.05) is 54.6 Å². The van der Waals surface area contributed by atoms with E-state index in [2.05, 4.69) is 16.7 Å². The van der Waals surface area contributed by atoms with Crippen LogP contribution >= 0.6 is 0 Å². The van der Waals surface area contributed by atoms with E-state index < -0.39 is 6.04 Å². The van der Waals surface area contributed by atoms with Crippen LogP contribution in [0.4, 0.5) is 4.39 Å². The second kappa shape index (κ2) is 10.5. The molecule has 3 aromatic rings. The van der Waals surface area contributed by atoms with Gasteiger partial charge in [-0.3, -0.25) is 10.1 Å². The highest BCUT2D eigenvalue weighted by molar-refractivity contribution is 5.83. The summed E-state index contributed by atoms with van der Waals surface area (Å²) in [6.45, 7) is 1.74. The highest BCUT2D eigenvalue weighted by Gasteiger charge is 2.24. The molecular formula is C26H26FN3O. The molecule has 0 aliphatic heterocycles. The Labute approximate surface area is 182 Å². The minimum atomic E-state index is -0.539. The van der Waals surface area contributed by atoms with Crippen LogP contribution in [0.5, 0.6) is 0 Å². The highest BCUT2D eigenvalue weighted by Crippen LogP contribution is 2.26. The molecule has 4 nitrogen and oxygen atoms in total. The lowest BCUT2D eigenvalue weighted by Crippen LogP contribution is -2.38. The first-order valence-electron chi connectivity index (χ1n) is 10.3. The van der Waals surface area contributed by atoms with Gasteiger partial charge in [0, 0.05) is 13.1 Å². The van der Waals surface area contributed by atoms with E-state index in [0.717, 1.165) is 23.1 Å². The number of carbonyl (C=O) groups excluding carboxylic acids is 1. The Bertz CT molecular complexity index is 1060. The van der Waals surface area contributed by atoms with Crippen LogP contribution in [0, 0.1) is 24.1 Å². The summed E-state index contributed by atoms with van der Waals surface area (Å²) in [5.41, 5.74) is 4.08. The van der Waals surface area contributed by atoms with E-state index in [9.17, 15) is 9.18 Å². The van der Waals surface area contributed by atoms with Crippen molar-refractivity contribution in [1.29, 1.82) is 5.26 Å². The van der Waals surface area contributed by atoms with Crippen molar-refractivity contribution < 1.29 is 9.18 Å². The molecule has 1 amide bonds. The fourth-order valence-corrected chi connectivity index (χ4v) is 3.60. The van der Waals surface area contributed by atoms with Crippen LogP contribution in [0.3, 0.4) is 0 Å². The van der Waals surface area contributed by atoms with Gasteiger partial charge in [0.15, 0.2) is 0 Å². The third-order valence-corrected chi connectivity index (χ3v) is 5.40. The summed E-state index contributed by atoms with van der Waals surface area (Å²) in [6.07, 6.45) is 1.45. The molecule has 0 bridgehead atoms. The lowest BCUT2D eigenvalue weighted by molar-refractivity contribution is -0.123. The largest absolute Gasteiger partial charge is 0.358 e. The lowest BCUT2D eigenvalue weighted by atomic mass is 9.95. The van der Waals surface area contributed by atoms with Gasteiger partial charge in [0.2, 0.25) is 5.91 Å². The zero-order chi connectivity index (χ0) is 22.2. The number of aryl methyl sites for hydroxylation is 2. The molecular weight excluding hydrogens is 389 g/mol. The molecule has 0 saturated carbocycles. The SMILES string of the molecule is CNC(=O)[C@H](N[C@@H](CCc1ccc(C#N)cc1)c1ccc(F)c(C)c1)c1ccccc1. The van der Waals surface area contributed by atoms with E-state index in [-0.39, 0.29) is 17.8 Å². The fraction of sp³-hybridized carbons (Fsp3) is 0.231. The minimum absolute atomic E-state index is 0.131. The first-order chi connectivity index (χ1) is 15.0. The molecule has 0 aromatic heterocycles. The summed E-state index contributed by atoms with van der Waals surface area (Å²) < 4.78 is 13.9. The van der Waals surface area contributed by atoms with Gasteiger partial charge in [0.05, 0.1) is 11.6 Å². The first kappa shape index (κ1) is 22.2. The quantitative estimate of drug-likeness (QED) is 0.558. The van der Waals surface area contributed by atoms with Gasteiger partial charge in [0.25, 0.3) is 0 Å². The predicted molar refractivity (Wildman–Crippen MR) is 120 cm³/mol. The molecule has 31 heavy (non-hydrogen) atoms. The van der Waals surface area contributed by atoms with Crippen LogP contribution in [0.1, 0.15) is 46.3 Å². The molecule has 2 N–H and O–H groups in total. The van der Waals surface area contributed by atoms with Gasteiger partial charge >= 0.3 is 0 Å². The molecule has 5 heteroatoms. The summed E-state index contributed by atoms with van der Waals surface area (Å²) in [6, 6.07) is 23.5. The van der Waals surface area contributed by atoms with Crippen molar-refractivity contribution in [2.24, 2.45) is 0 Å². The van der Waals surface area contributed by atoms with Crippen LogP contribution in [-0.2, 0) is 11.2 Å². The van der Waals surface area contributed by atoms with Crippen molar-refractivity contribution in [3.05, 3.63) is 106 Å². The molecule has 3 rings (SSSR count). The molecule has 2 atom stereocenters. The number of hydrogen-bond donors (Lipinski definition) is 2. The Morgan fingerprint density at radius 2 is 1.74 bits per heavy atom. The monoisotopic (exact) mass is 415 g/mol. The molecule has 0 fully saturated rings. The van der Waals surface area contributed by atoms with E-state index in [4.69, 9.17) is 5.26 Å². The smallest absolute Gasteiger partial charge is 0.241 e. The molecule has 0 saturated heterocycles. The van der Waals surface area contributed by atoms with Gasteiger partial charge in [-0.15, -0.1) is 0 Å². The maximum absolute atomic E-state index is 13.9. The molecule has 0 aliphatic rings. The maximum atomic E-state index is 13.9. The number of likely N-dealkylation sites (N-methyl/N-ethyl adjacent to an activating group) is 1. The zero-order valence-electron chi connectivity index (χ0n) is 17.7. The van der Waals surface area contributed by atoms with Crippen molar-refractivity contribution in [3.63, 3.8) is 0 Å². The van der Waals surface area contributed by atoms with Gasteiger partial charge in [-0.05, 0) is 60.2 Å². The van der Waals surface area contributed by atoms with Crippen LogP contribution in [0.15, 0.2) is 72.8 Å². The van der Waals surface area contributed by atoms with E-state index >= 15 is 0 Å². The Kier molecular flexibility index (Phi) is 7.53. The molecule has 0 unspecified atom stereocenters. The highest BCUT2D eigenvalue weighted by atomic mass is 19.1. The molecule has 0 radical (unpaired) electrons. The van der Waals surface area contributed by atoms with Crippen LogP contribution in [0.2, 0.25) is 0 Å². The Morgan fingerprint density at radius 3 is 2.35 bits per heavy atom. The second-order valence-corrected chi connectivity index (χ2v) is 7.53.